The standard InChI is InChI=1S/C6H9F3N2/c1-5(2,4(11)3-10)6(7,8)9/h4H,11H2,1-2H3. The predicted molar refractivity (Wildman–Crippen MR) is 33.4 cm³/mol. The highest BCUT2D eigenvalue weighted by atomic mass is 19.4. The van der Waals surface area contributed by atoms with Crippen molar-refractivity contribution >= 4 is 0 Å². The number of hydrogen-bond acceptors (Lipinski definition) is 2. The van der Waals surface area contributed by atoms with Crippen molar-refractivity contribution in [1.82, 2.24) is 0 Å². The van der Waals surface area contributed by atoms with Gasteiger partial charge in [-0.2, -0.15) is 18.4 Å². The van der Waals surface area contributed by atoms with Crippen LogP contribution in [-0.2, 0) is 0 Å². The Morgan fingerprint density at radius 2 is 1.73 bits per heavy atom. The predicted octanol–water partition coefficient (Wildman–Crippen LogP) is 1.43. The molecule has 11 heavy (non-hydrogen) atoms. The highest BCUT2D eigenvalue weighted by Gasteiger charge is 2.51. The summed E-state index contributed by atoms with van der Waals surface area (Å²) in [6.45, 7) is 1.81. The minimum Gasteiger partial charge on any atom is -0.315 e. The second kappa shape index (κ2) is 2.70. The third kappa shape index (κ3) is 1.84. The fraction of sp³-hybridized carbons (Fsp3) is 0.833. The average molecular weight is 166 g/mol. The molecule has 0 heterocycles. The molecule has 0 amide bonds. The summed E-state index contributed by atoms with van der Waals surface area (Å²) in [7, 11) is 0. The molecule has 2 N–H and O–H groups in total. The molecule has 0 saturated heterocycles. The number of nitrogens with two attached hydrogens (primary N) is 1. The van der Waals surface area contributed by atoms with Crippen molar-refractivity contribution in [2.45, 2.75) is 26.1 Å². The summed E-state index contributed by atoms with van der Waals surface area (Å²) >= 11 is 0. The fourth-order valence-electron chi connectivity index (χ4n) is 0.338. The Hall–Kier alpha value is -0.760. The smallest absolute Gasteiger partial charge is 0.315 e. The van der Waals surface area contributed by atoms with Crippen LogP contribution in [0.1, 0.15) is 13.8 Å². The molecular weight excluding hydrogens is 157 g/mol. The van der Waals surface area contributed by atoms with E-state index in [1.165, 1.54) is 6.07 Å². The van der Waals surface area contributed by atoms with Crippen molar-refractivity contribution < 1.29 is 13.2 Å². The molecule has 0 aromatic heterocycles. The van der Waals surface area contributed by atoms with Gasteiger partial charge in [0.15, 0.2) is 0 Å². The number of nitriles is 1. The third-order valence-corrected chi connectivity index (χ3v) is 1.65. The zero-order valence-electron chi connectivity index (χ0n) is 6.24. The summed E-state index contributed by atoms with van der Waals surface area (Å²) in [6.07, 6.45) is -4.43. The largest absolute Gasteiger partial charge is 0.396 e. The summed E-state index contributed by atoms with van der Waals surface area (Å²) in [6, 6.07) is -0.142. The van der Waals surface area contributed by atoms with Gasteiger partial charge in [-0.05, 0) is 13.8 Å². The van der Waals surface area contributed by atoms with E-state index in [0.29, 0.717) is 0 Å². The Kier molecular flexibility index (Phi) is 2.51. The van der Waals surface area contributed by atoms with Crippen LogP contribution in [0, 0.1) is 16.7 Å². The van der Waals surface area contributed by atoms with Crippen LogP contribution in [0.15, 0.2) is 0 Å². The van der Waals surface area contributed by atoms with Crippen molar-refractivity contribution in [1.29, 1.82) is 5.26 Å². The number of nitrogens with zero attached hydrogens (tertiary/aromatic N) is 1. The SMILES string of the molecule is CC(C)(C(N)C#N)C(F)(F)F. The molecule has 0 spiro atoms. The molecule has 0 aromatic carbocycles. The third-order valence-electron chi connectivity index (χ3n) is 1.65. The number of rotatable bonds is 1. The van der Waals surface area contributed by atoms with Gasteiger partial charge in [0.2, 0.25) is 0 Å². The first-order chi connectivity index (χ1) is 4.73. The van der Waals surface area contributed by atoms with Gasteiger partial charge in [0.1, 0.15) is 6.04 Å². The van der Waals surface area contributed by atoms with Gasteiger partial charge in [0.25, 0.3) is 0 Å². The highest BCUT2D eigenvalue weighted by Crippen LogP contribution is 2.39. The van der Waals surface area contributed by atoms with Crippen molar-refractivity contribution in [2.75, 3.05) is 0 Å². The Labute approximate surface area is 62.8 Å². The number of alkyl halides is 3. The van der Waals surface area contributed by atoms with E-state index in [0.717, 1.165) is 13.8 Å². The molecule has 0 fully saturated rings. The van der Waals surface area contributed by atoms with E-state index >= 15 is 0 Å². The maximum atomic E-state index is 12.0. The van der Waals surface area contributed by atoms with Gasteiger partial charge in [-0.15, -0.1) is 0 Å². The lowest BCUT2D eigenvalue weighted by Crippen LogP contribution is -2.46. The monoisotopic (exact) mass is 166 g/mol. The molecule has 1 unspecified atom stereocenters. The van der Waals surface area contributed by atoms with Crippen molar-refractivity contribution in [2.24, 2.45) is 11.1 Å². The van der Waals surface area contributed by atoms with Crippen LogP contribution < -0.4 is 5.73 Å². The van der Waals surface area contributed by atoms with Crippen molar-refractivity contribution in [3.8, 4) is 6.07 Å². The van der Waals surface area contributed by atoms with E-state index in [4.69, 9.17) is 11.0 Å². The second-order valence-electron chi connectivity index (χ2n) is 2.83. The summed E-state index contributed by atoms with van der Waals surface area (Å²) in [5, 5.41) is 8.16. The number of hydrogen-bond donors (Lipinski definition) is 1. The van der Waals surface area contributed by atoms with Crippen LogP contribution in [0.3, 0.4) is 0 Å². The van der Waals surface area contributed by atoms with Crippen LogP contribution >= 0.6 is 0 Å². The second-order valence-corrected chi connectivity index (χ2v) is 2.83. The molecule has 0 aliphatic carbocycles. The van der Waals surface area contributed by atoms with Crippen LogP contribution in [0.2, 0.25) is 0 Å². The van der Waals surface area contributed by atoms with Gasteiger partial charge in [0.05, 0.1) is 11.5 Å². The summed E-state index contributed by atoms with van der Waals surface area (Å²) in [5.41, 5.74) is 2.82. The van der Waals surface area contributed by atoms with Gasteiger partial charge >= 0.3 is 6.18 Å². The molecule has 64 valence electrons. The van der Waals surface area contributed by atoms with Gasteiger partial charge in [-0.1, -0.05) is 0 Å². The van der Waals surface area contributed by atoms with E-state index in [1.54, 1.807) is 0 Å². The van der Waals surface area contributed by atoms with Gasteiger partial charge in [-0.25, -0.2) is 0 Å². The number of halogens is 3. The van der Waals surface area contributed by atoms with Crippen LogP contribution in [0.25, 0.3) is 0 Å². The van der Waals surface area contributed by atoms with E-state index in [-0.39, 0.29) is 0 Å². The maximum absolute atomic E-state index is 12.0. The molecule has 5 heteroatoms. The molecule has 0 aliphatic rings. The minimum atomic E-state index is -4.43. The van der Waals surface area contributed by atoms with E-state index in [1.807, 2.05) is 0 Å². The zero-order chi connectivity index (χ0) is 9.28. The van der Waals surface area contributed by atoms with Crippen LogP contribution in [-0.4, -0.2) is 12.2 Å². The van der Waals surface area contributed by atoms with Gasteiger partial charge in [0, 0.05) is 0 Å². The first-order valence-electron chi connectivity index (χ1n) is 2.95. The maximum Gasteiger partial charge on any atom is 0.396 e. The minimum absolute atomic E-state index is 0.904. The average Bonchev–Trinajstić information content (AvgIpc) is 1.83. The lowest BCUT2D eigenvalue weighted by atomic mass is 9.85. The lowest BCUT2D eigenvalue weighted by Gasteiger charge is -2.29. The Bertz CT molecular complexity index is 177. The molecule has 0 rings (SSSR count). The zero-order valence-corrected chi connectivity index (χ0v) is 6.24. The Balaban J connectivity index is 4.62. The van der Waals surface area contributed by atoms with Gasteiger partial charge < -0.3 is 5.73 Å². The van der Waals surface area contributed by atoms with Gasteiger partial charge in [-0.3, -0.25) is 0 Å². The van der Waals surface area contributed by atoms with Crippen molar-refractivity contribution in [3.05, 3.63) is 0 Å². The molecule has 0 saturated carbocycles. The van der Waals surface area contributed by atoms with Crippen molar-refractivity contribution in [3.63, 3.8) is 0 Å². The summed E-state index contributed by atoms with van der Waals surface area (Å²) in [4.78, 5) is 0. The van der Waals surface area contributed by atoms with Crippen LogP contribution in [0.5, 0.6) is 0 Å². The molecule has 0 aromatic rings. The molecule has 1 atom stereocenters. The quantitative estimate of drug-likeness (QED) is 0.640. The van der Waals surface area contributed by atoms with Crippen LogP contribution in [0.4, 0.5) is 13.2 Å². The molecule has 2 nitrogen and oxygen atoms in total. The summed E-state index contributed by atoms with van der Waals surface area (Å²) in [5.74, 6) is 0. The Morgan fingerprint density at radius 3 is 1.82 bits per heavy atom. The Morgan fingerprint density at radius 1 is 1.36 bits per heavy atom. The molecule has 0 radical (unpaired) electrons. The van der Waals surface area contributed by atoms with E-state index < -0.39 is 17.6 Å². The fourth-order valence-corrected chi connectivity index (χ4v) is 0.338. The van der Waals surface area contributed by atoms with E-state index in [2.05, 4.69) is 0 Å². The normalized spacial score (nSPS) is 15.7. The first-order valence-corrected chi connectivity index (χ1v) is 2.95. The lowest BCUT2D eigenvalue weighted by molar-refractivity contribution is -0.213. The first kappa shape index (κ1) is 10.2. The summed E-state index contributed by atoms with van der Waals surface area (Å²) < 4.78 is 36.1. The molecule has 0 aliphatic heterocycles. The molecular formula is C6H9F3N2. The molecule has 0 bridgehead atoms. The highest BCUT2D eigenvalue weighted by molar-refractivity contribution is 5.00. The van der Waals surface area contributed by atoms with E-state index in [9.17, 15) is 13.2 Å². The topological polar surface area (TPSA) is 49.8 Å².